The molecule has 12 N–H and O–H groups in total. The molecular weight excluding hydrogens is 550 g/mol. The fourth-order valence-electron chi connectivity index (χ4n) is 4.23. The number of aromatic amines is 2. The highest BCUT2D eigenvalue weighted by molar-refractivity contribution is 5.95. The van der Waals surface area contributed by atoms with Gasteiger partial charge in [0, 0.05) is 48.3 Å². The van der Waals surface area contributed by atoms with Crippen molar-refractivity contribution < 1.29 is 33.9 Å². The number of H-pyrrole nitrogens is 2. The Morgan fingerprint density at radius 1 is 0.857 bits per heavy atom. The van der Waals surface area contributed by atoms with Crippen molar-refractivity contribution in [2.45, 2.75) is 56.3 Å². The molecule has 3 rings (SSSR count). The first-order chi connectivity index (χ1) is 19.9. The maximum absolute atomic E-state index is 13.4. The van der Waals surface area contributed by atoms with E-state index in [4.69, 9.17) is 17.2 Å². The lowest BCUT2D eigenvalue weighted by Crippen LogP contribution is -2.58. The highest BCUT2D eigenvalue weighted by Crippen LogP contribution is 2.19. The molecule has 2 aromatic heterocycles. The Labute approximate surface area is 239 Å². The zero-order valence-electron chi connectivity index (χ0n) is 22.5. The molecule has 0 spiro atoms. The van der Waals surface area contributed by atoms with E-state index in [0.29, 0.717) is 11.3 Å². The number of nitrogens with two attached hydrogens (primary N) is 3. The zero-order chi connectivity index (χ0) is 30.8. The molecule has 16 nitrogen and oxygen atoms in total. The second-order valence-electron chi connectivity index (χ2n) is 9.65. The average Bonchev–Trinajstić information content (AvgIpc) is 3.59. The quantitative estimate of drug-likeness (QED) is 0.0874. The van der Waals surface area contributed by atoms with Gasteiger partial charge in [-0.15, -0.1) is 0 Å². The second-order valence-corrected chi connectivity index (χ2v) is 9.65. The van der Waals surface area contributed by atoms with Gasteiger partial charge >= 0.3 is 5.97 Å². The van der Waals surface area contributed by atoms with Gasteiger partial charge in [0.1, 0.15) is 18.1 Å². The van der Waals surface area contributed by atoms with Crippen LogP contribution < -0.4 is 33.2 Å². The van der Waals surface area contributed by atoms with Gasteiger partial charge in [0.2, 0.25) is 29.5 Å². The summed E-state index contributed by atoms with van der Waals surface area (Å²) in [5.74, 6) is -5.48. The first-order valence-electron chi connectivity index (χ1n) is 12.9. The summed E-state index contributed by atoms with van der Waals surface area (Å²) in [5.41, 5.74) is 17.9. The predicted molar refractivity (Wildman–Crippen MR) is 148 cm³/mol. The molecule has 2 heterocycles. The standard InChI is InChI=1S/C26H33N9O7/c27-16(9-22(29)37)23(38)33-18(5-6-21(28)36)24(39)34-19(8-14-11-30-12-32-14)25(40)35-20(26(41)42)7-13-10-31-17-4-2-1-3-15(13)17/h1-4,10-12,16,18-20,31H,5-9,27H2,(H2,28,36)(H2,29,37)(H,30,32)(H,33,38)(H,34,39)(H,35,40)(H,41,42). The van der Waals surface area contributed by atoms with Crippen LogP contribution in [0.1, 0.15) is 30.5 Å². The van der Waals surface area contributed by atoms with Gasteiger partial charge in [0.05, 0.1) is 18.8 Å². The third-order valence-electron chi connectivity index (χ3n) is 6.40. The number of hydrogen-bond donors (Lipinski definition) is 9. The summed E-state index contributed by atoms with van der Waals surface area (Å²) < 4.78 is 0. The van der Waals surface area contributed by atoms with Gasteiger partial charge in [-0.05, 0) is 18.1 Å². The Morgan fingerprint density at radius 2 is 1.52 bits per heavy atom. The van der Waals surface area contributed by atoms with E-state index in [1.807, 2.05) is 18.2 Å². The van der Waals surface area contributed by atoms with E-state index >= 15 is 0 Å². The van der Waals surface area contributed by atoms with Gasteiger partial charge < -0.3 is 48.2 Å². The smallest absolute Gasteiger partial charge is 0.326 e. The summed E-state index contributed by atoms with van der Waals surface area (Å²) in [4.78, 5) is 83.5. The van der Waals surface area contributed by atoms with Crippen molar-refractivity contribution in [3.05, 3.63) is 54.2 Å². The molecule has 0 radical (unpaired) electrons. The first-order valence-corrected chi connectivity index (χ1v) is 12.9. The number of benzene rings is 1. The van der Waals surface area contributed by atoms with Gasteiger partial charge in [0.25, 0.3) is 0 Å². The van der Waals surface area contributed by atoms with Crippen LogP contribution in [0.4, 0.5) is 0 Å². The Hall–Kier alpha value is -5.25. The number of carboxylic acids is 1. The van der Waals surface area contributed by atoms with Crippen LogP contribution in [0.5, 0.6) is 0 Å². The summed E-state index contributed by atoms with van der Waals surface area (Å²) in [5, 5.41) is 18.0. The summed E-state index contributed by atoms with van der Waals surface area (Å²) >= 11 is 0. The summed E-state index contributed by atoms with van der Waals surface area (Å²) in [6.07, 6.45) is 3.24. The van der Waals surface area contributed by atoms with Gasteiger partial charge in [-0.1, -0.05) is 18.2 Å². The van der Waals surface area contributed by atoms with Crippen molar-refractivity contribution in [3.63, 3.8) is 0 Å². The summed E-state index contributed by atoms with van der Waals surface area (Å²) in [6.45, 7) is 0. The largest absolute Gasteiger partial charge is 0.480 e. The van der Waals surface area contributed by atoms with E-state index in [2.05, 4.69) is 30.9 Å². The summed E-state index contributed by atoms with van der Waals surface area (Å²) in [6, 6.07) is 1.87. The minimum atomic E-state index is -1.37. The molecule has 42 heavy (non-hydrogen) atoms. The first kappa shape index (κ1) is 31.3. The third-order valence-corrected chi connectivity index (χ3v) is 6.40. The molecular formula is C26H33N9O7. The van der Waals surface area contributed by atoms with Crippen LogP contribution in [0.15, 0.2) is 43.0 Å². The van der Waals surface area contributed by atoms with Crippen molar-refractivity contribution in [3.8, 4) is 0 Å². The lowest BCUT2D eigenvalue weighted by Gasteiger charge is -2.25. The predicted octanol–water partition coefficient (Wildman–Crippen LogP) is -2.32. The summed E-state index contributed by atoms with van der Waals surface area (Å²) in [7, 11) is 0. The number of para-hydroxylation sites is 1. The molecule has 4 unspecified atom stereocenters. The number of primary amides is 2. The number of carboxylic acid groups (broad SMARTS) is 1. The maximum atomic E-state index is 13.4. The molecule has 0 bridgehead atoms. The molecule has 0 saturated heterocycles. The normalized spacial score (nSPS) is 13.8. The van der Waals surface area contributed by atoms with E-state index in [1.54, 1.807) is 12.3 Å². The van der Waals surface area contributed by atoms with Gasteiger partial charge in [-0.3, -0.25) is 24.0 Å². The van der Waals surface area contributed by atoms with Gasteiger partial charge in [-0.2, -0.15) is 0 Å². The number of aromatic nitrogens is 3. The molecule has 0 aliphatic heterocycles. The van der Waals surface area contributed by atoms with Crippen LogP contribution in [0.25, 0.3) is 10.9 Å². The van der Waals surface area contributed by atoms with Crippen LogP contribution >= 0.6 is 0 Å². The van der Waals surface area contributed by atoms with Crippen molar-refractivity contribution in [1.82, 2.24) is 30.9 Å². The molecule has 3 aromatic rings. The number of fused-ring (bicyclic) bond motifs is 1. The van der Waals surface area contributed by atoms with Crippen molar-refractivity contribution >= 4 is 46.4 Å². The molecule has 224 valence electrons. The zero-order valence-corrected chi connectivity index (χ0v) is 22.5. The lowest BCUT2D eigenvalue weighted by atomic mass is 10.0. The van der Waals surface area contributed by atoms with Crippen molar-refractivity contribution in [2.75, 3.05) is 0 Å². The van der Waals surface area contributed by atoms with Crippen molar-refractivity contribution in [2.24, 2.45) is 17.2 Å². The minimum Gasteiger partial charge on any atom is -0.480 e. The van der Waals surface area contributed by atoms with Crippen LogP contribution in [-0.2, 0) is 41.6 Å². The van der Waals surface area contributed by atoms with Crippen LogP contribution in [0.3, 0.4) is 0 Å². The second kappa shape index (κ2) is 14.4. The number of nitrogens with zero attached hydrogens (tertiary/aromatic N) is 1. The van der Waals surface area contributed by atoms with E-state index in [-0.39, 0.29) is 25.7 Å². The average molecular weight is 584 g/mol. The fourth-order valence-corrected chi connectivity index (χ4v) is 4.23. The SMILES string of the molecule is NC(=O)CCC(NC(=O)C(N)CC(N)=O)C(=O)NC(Cc1cnc[nH]1)C(=O)NC(Cc1c[nH]c2ccccc12)C(=O)O. The van der Waals surface area contributed by atoms with Gasteiger partial charge in [-0.25, -0.2) is 9.78 Å². The van der Waals surface area contributed by atoms with Crippen LogP contribution in [0, 0.1) is 0 Å². The van der Waals surface area contributed by atoms with Crippen LogP contribution in [-0.4, -0.2) is 79.7 Å². The molecule has 16 heteroatoms. The third kappa shape index (κ3) is 8.88. The van der Waals surface area contributed by atoms with E-state index in [0.717, 1.165) is 10.9 Å². The Balaban J connectivity index is 1.79. The van der Waals surface area contributed by atoms with Crippen LogP contribution in [0.2, 0.25) is 0 Å². The highest BCUT2D eigenvalue weighted by Gasteiger charge is 2.31. The van der Waals surface area contributed by atoms with E-state index in [9.17, 15) is 33.9 Å². The lowest BCUT2D eigenvalue weighted by molar-refractivity contribution is -0.142. The number of carbonyl (C=O) groups excluding carboxylic acids is 5. The Bertz CT molecular complexity index is 1440. The monoisotopic (exact) mass is 583 g/mol. The number of carbonyl (C=O) groups is 6. The Kier molecular flexibility index (Phi) is 10.7. The number of imidazole rings is 1. The minimum absolute atomic E-state index is 0.0507. The molecule has 0 aliphatic carbocycles. The maximum Gasteiger partial charge on any atom is 0.326 e. The number of amides is 5. The van der Waals surface area contributed by atoms with Crippen molar-refractivity contribution in [1.29, 1.82) is 0 Å². The topological polar surface area (TPSA) is 281 Å². The molecule has 0 aliphatic rings. The molecule has 5 amide bonds. The number of aliphatic carboxylic acids is 1. The van der Waals surface area contributed by atoms with Gasteiger partial charge in [0.15, 0.2) is 0 Å². The number of nitrogens with one attached hydrogen (secondary N) is 5. The van der Waals surface area contributed by atoms with E-state index < -0.39 is 66.1 Å². The highest BCUT2D eigenvalue weighted by atomic mass is 16.4. The fraction of sp³-hybridized carbons (Fsp3) is 0.346. The molecule has 0 fully saturated rings. The Morgan fingerprint density at radius 3 is 2.17 bits per heavy atom. The number of hydrogen-bond acceptors (Lipinski definition) is 8. The molecule has 1 aromatic carbocycles. The molecule has 0 saturated carbocycles. The van der Waals surface area contributed by atoms with E-state index in [1.165, 1.54) is 12.5 Å². The molecule has 4 atom stereocenters. The number of rotatable bonds is 16.